The summed E-state index contributed by atoms with van der Waals surface area (Å²) >= 11 is 1.47. The van der Waals surface area contributed by atoms with Gasteiger partial charge in [0.2, 0.25) is 5.91 Å². The molecule has 1 aromatic heterocycles. The van der Waals surface area contributed by atoms with Crippen LogP contribution in [0.4, 0.5) is 0 Å². The second-order valence-electron chi connectivity index (χ2n) is 5.10. The van der Waals surface area contributed by atoms with Crippen molar-refractivity contribution in [2.24, 2.45) is 0 Å². The maximum atomic E-state index is 11.9. The largest absolute Gasteiger partial charge is 0.388 e. The Kier molecular flexibility index (Phi) is 6.43. The minimum atomic E-state index is -0.565. The predicted octanol–water partition coefficient (Wildman–Crippen LogP) is 2.80. The monoisotopic (exact) mass is 316 g/mol. The van der Waals surface area contributed by atoms with Crippen LogP contribution in [0.15, 0.2) is 59.8 Å². The SMILES string of the molecule is C[C@@H](C[C@H](O)c1ccccc1)NC(=O)CSc1ccncc1. The number of aliphatic hydroxyl groups excluding tert-OH is 1. The second kappa shape index (κ2) is 8.56. The summed E-state index contributed by atoms with van der Waals surface area (Å²) in [7, 11) is 0. The van der Waals surface area contributed by atoms with E-state index in [9.17, 15) is 9.90 Å². The van der Waals surface area contributed by atoms with Gasteiger partial charge >= 0.3 is 0 Å². The van der Waals surface area contributed by atoms with E-state index < -0.39 is 6.10 Å². The van der Waals surface area contributed by atoms with Crippen LogP contribution in [0, 0.1) is 0 Å². The summed E-state index contributed by atoms with van der Waals surface area (Å²) in [4.78, 5) is 16.9. The molecule has 116 valence electrons. The van der Waals surface area contributed by atoms with E-state index >= 15 is 0 Å². The number of carbonyl (C=O) groups excluding carboxylic acids is 1. The van der Waals surface area contributed by atoms with Crippen LogP contribution < -0.4 is 5.32 Å². The molecule has 2 atom stereocenters. The summed E-state index contributed by atoms with van der Waals surface area (Å²) in [6, 6.07) is 13.1. The first-order valence-electron chi connectivity index (χ1n) is 7.20. The zero-order valence-electron chi connectivity index (χ0n) is 12.5. The summed E-state index contributed by atoms with van der Waals surface area (Å²) < 4.78 is 0. The molecule has 2 N–H and O–H groups in total. The highest BCUT2D eigenvalue weighted by Crippen LogP contribution is 2.18. The fourth-order valence-corrected chi connectivity index (χ4v) is 2.80. The zero-order chi connectivity index (χ0) is 15.8. The summed E-state index contributed by atoms with van der Waals surface area (Å²) in [6.45, 7) is 1.90. The first-order valence-corrected chi connectivity index (χ1v) is 8.19. The average molecular weight is 316 g/mol. The number of nitrogens with zero attached hydrogens (tertiary/aromatic N) is 1. The lowest BCUT2D eigenvalue weighted by atomic mass is 10.0. The third kappa shape index (κ3) is 5.50. The summed E-state index contributed by atoms with van der Waals surface area (Å²) in [6.07, 6.45) is 3.35. The van der Waals surface area contributed by atoms with Crippen molar-refractivity contribution in [1.82, 2.24) is 10.3 Å². The van der Waals surface area contributed by atoms with Gasteiger partial charge in [0, 0.05) is 23.3 Å². The number of aliphatic hydroxyl groups is 1. The first kappa shape index (κ1) is 16.5. The van der Waals surface area contributed by atoms with Gasteiger partial charge in [-0.25, -0.2) is 0 Å². The molecular weight excluding hydrogens is 296 g/mol. The van der Waals surface area contributed by atoms with Crippen molar-refractivity contribution in [2.75, 3.05) is 5.75 Å². The smallest absolute Gasteiger partial charge is 0.230 e. The molecule has 0 fully saturated rings. The first-order chi connectivity index (χ1) is 10.6. The summed E-state index contributed by atoms with van der Waals surface area (Å²) in [5.74, 6) is 0.324. The Morgan fingerprint density at radius 3 is 2.59 bits per heavy atom. The molecule has 0 saturated carbocycles. The van der Waals surface area contributed by atoms with Crippen LogP contribution in [0.5, 0.6) is 0 Å². The standard InChI is InChI=1S/C17H20N2O2S/c1-13(11-16(20)14-5-3-2-4-6-14)19-17(21)12-22-15-7-9-18-10-8-15/h2-10,13,16,20H,11-12H2,1H3,(H,19,21)/t13-,16-/m0/s1. The quantitative estimate of drug-likeness (QED) is 0.771. The Morgan fingerprint density at radius 2 is 1.91 bits per heavy atom. The van der Waals surface area contributed by atoms with Crippen LogP contribution in [-0.2, 0) is 4.79 Å². The normalized spacial score (nSPS) is 13.4. The molecule has 1 heterocycles. The highest BCUT2D eigenvalue weighted by molar-refractivity contribution is 8.00. The fourth-order valence-electron chi connectivity index (χ4n) is 2.10. The molecule has 2 rings (SSSR count). The Balaban J connectivity index is 1.74. The second-order valence-corrected chi connectivity index (χ2v) is 6.15. The lowest BCUT2D eigenvalue weighted by Crippen LogP contribution is -2.34. The van der Waals surface area contributed by atoms with Gasteiger partial charge in [0.25, 0.3) is 0 Å². The van der Waals surface area contributed by atoms with E-state index in [-0.39, 0.29) is 11.9 Å². The zero-order valence-corrected chi connectivity index (χ0v) is 13.3. The minimum Gasteiger partial charge on any atom is -0.388 e. The van der Waals surface area contributed by atoms with Gasteiger partial charge in [0.1, 0.15) is 0 Å². The highest BCUT2D eigenvalue weighted by atomic mass is 32.2. The molecule has 2 aromatic rings. The van der Waals surface area contributed by atoms with Gasteiger partial charge < -0.3 is 10.4 Å². The molecule has 1 aromatic carbocycles. The number of amides is 1. The van der Waals surface area contributed by atoms with E-state index in [4.69, 9.17) is 0 Å². The van der Waals surface area contributed by atoms with Gasteiger partial charge in [-0.1, -0.05) is 30.3 Å². The predicted molar refractivity (Wildman–Crippen MR) is 88.6 cm³/mol. The van der Waals surface area contributed by atoms with Crippen molar-refractivity contribution in [3.63, 3.8) is 0 Å². The van der Waals surface area contributed by atoms with Crippen molar-refractivity contribution < 1.29 is 9.90 Å². The Bertz CT molecular complexity index is 578. The van der Waals surface area contributed by atoms with Gasteiger partial charge in [-0.05, 0) is 31.0 Å². The number of rotatable bonds is 7. The van der Waals surface area contributed by atoms with Crippen LogP contribution in [0.25, 0.3) is 0 Å². The molecule has 0 radical (unpaired) electrons. The van der Waals surface area contributed by atoms with Gasteiger partial charge in [-0.2, -0.15) is 0 Å². The van der Waals surface area contributed by atoms with Crippen LogP contribution in [0.3, 0.4) is 0 Å². The highest BCUT2D eigenvalue weighted by Gasteiger charge is 2.14. The lowest BCUT2D eigenvalue weighted by molar-refractivity contribution is -0.119. The van der Waals surface area contributed by atoms with E-state index in [2.05, 4.69) is 10.3 Å². The Hall–Kier alpha value is -1.85. The Morgan fingerprint density at radius 1 is 1.23 bits per heavy atom. The fraction of sp³-hybridized carbons (Fsp3) is 0.294. The van der Waals surface area contributed by atoms with Gasteiger partial charge in [-0.3, -0.25) is 9.78 Å². The van der Waals surface area contributed by atoms with E-state index in [1.807, 2.05) is 49.4 Å². The van der Waals surface area contributed by atoms with Crippen molar-refractivity contribution in [3.8, 4) is 0 Å². The number of hydrogen-bond acceptors (Lipinski definition) is 4. The summed E-state index contributed by atoms with van der Waals surface area (Å²) in [5, 5.41) is 13.1. The van der Waals surface area contributed by atoms with Gasteiger partial charge in [0.05, 0.1) is 11.9 Å². The third-order valence-corrected chi connectivity index (χ3v) is 4.20. The molecule has 0 spiro atoms. The van der Waals surface area contributed by atoms with Gasteiger partial charge in [-0.15, -0.1) is 11.8 Å². The van der Waals surface area contributed by atoms with Crippen molar-refractivity contribution >= 4 is 17.7 Å². The molecular formula is C17H20N2O2S. The lowest BCUT2D eigenvalue weighted by Gasteiger charge is -2.18. The van der Waals surface area contributed by atoms with Gasteiger partial charge in [0.15, 0.2) is 0 Å². The molecule has 0 aliphatic heterocycles. The van der Waals surface area contributed by atoms with Crippen LogP contribution in [0.2, 0.25) is 0 Å². The number of thioether (sulfide) groups is 1. The number of carbonyl (C=O) groups is 1. The molecule has 0 unspecified atom stereocenters. The summed E-state index contributed by atoms with van der Waals surface area (Å²) in [5.41, 5.74) is 0.870. The number of hydrogen-bond donors (Lipinski definition) is 2. The molecule has 4 nitrogen and oxygen atoms in total. The van der Waals surface area contributed by atoms with E-state index in [1.165, 1.54) is 11.8 Å². The van der Waals surface area contributed by atoms with E-state index in [1.54, 1.807) is 12.4 Å². The van der Waals surface area contributed by atoms with Crippen molar-refractivity contribution in [3.05, 3.63) is 60.4 Å². The molecule has 1 amide bonds. The van der Waals surface area contributed by atoms with Crippen LogP contribution >= 0.6 is 11.8 Å². The number of aromatic nitrogens is 1. The number of pyridine rings is 1. The Labute approximate surface area is 135 Å². The van der Waals surface area contributed by atoms with E-state index in [0.29, 0.717) is 12.2 Å². The molecule has 0 aliphatic rings. The topological polar surface area (TPSA) is 62.2 Å². The third-order valence-electron chi connectivity index (χ3n) is 3.19. The molecule has 5 heteroatoms. The molecule has 0 bridgehead atoms. The van der Waals surface area contributed by atoms with Crippen LogP contribution in [-0.4, -0.2) is 27.8 Å². The van der Waals surface area contributed by atoms with Crippen molar-refractivity contribution in [1.29, 1.82) is 0 Å². The number of benzene rings is 1. The number of nitrogens with one attached hydrogen (secondary N) is 1. The maximum Gasteiger partial charge on any atom is 0.230 e. The maximum absolute atomic E-state index is 11.9. The van der Waals surface area contributed by atoms with Crippen LogP contribution in [0.1, 0.15) is 25.0 Å². The van der Waals surface area contributed by atoms with E-state index in [0.717, 1.165) is 10.5 Å². The molecule has 0 saturated heterocycles. The minimum absolute atomic E-state index is 0.0328. The molecule has 0 aliphatic carbocycles. The van der Waals surface area contributed by atoms with Crippen molar-refractivity contribution in [2.45, 2.75) is 30.4 Å². The molecule has 22 heavy (non-hydrogen) atoms. The average Bonchev–Trinajstić information content (AvgIpc) is 2.54.